The smallest absolute Gasteiger partial charge is 0.259 e. The third kappa shape index (κ3) is 7.03. The van der Waals surface area contributed by atoms with Crippen molar-refractivity contribution in [2.45, 2.75) is 94.9 Å². The third-order valence-electron chi connectivity index (χ3n) is 11.0. The second-order valence-electron chi connectivity index (χ2n) is 15.1. The summed E-state index contributed by atoms with van der Waals surface area (Å²) in [4.78, 5) is 53.5. The molecule has 7 rings (SSSR count). The molecule has 1 aliphatic heterocycles. The summed E-state index contributed by atoms with van der Waals surface area (Å²) in [7, 11) is -0.445. The van der Waals surface area contributed by atoms with Gasteiger partial charge in [-0.2, -0.15) is 0 Å². The highest BCUT2D eigenvalue weighted by Crippen LogP contribution is 2.47. The van der Waals surface area contributed by atoms with Gasteiger partial charge < -0.3 is 19.7 Å². The molecule has 0 radical (unpaired) electrons. The lowest BCUT2D eigenvalue weighted by Gasteiger charge is -2.26. The number of fused-ring (bicyclic) bond motifs is 3. The number of allylic oxidation sites excluding steroid dienone is 1. The molecule has 2 N–H and O–H groups in total. The molecular formula is C38H47N5O7S2. The summed E-state index contributed by atoms with van der Waals surface area (Å²) in [6, 6.07) is 5.66. The van der Waals surface area contributed by atoms with Gasteiger partial charge in [0.15, 0.2) is 0 Å². The first-order chi connectivity index (χ1) is 24.8. The van der Waals surface area contributed by atoms with E-state index in [4.69, 9.17) is 19.4 Å². The number of methoxy groups -OCH3 is 1. The molecule has 3 aromatic rings. The van der Waals surface area contributed by atoms with Crippen molar-refractivity contribution in [1.29, 1.82) is 0 Å². The van der Waals surface area contributed by atoms with E-state index in [1.807, 2.05) is 42.7 Å². The summed E-state index contributed by atoms with van der Waals surface area (Å²) in [5.74, 6) is -1.63. The van der Waals surface area contributed by atoms with Crippen molar-refractivity contribution in [3.63, 3.8) is 0 Å². The van der Waals surface area contributed by atoms with Crippen LogP contribution in [0.5, 0.6) is 11.5 Å². The van der Waals surface area contributed by atoms with Gasteiger partial charge in [-0.15, -0.1) is 11.3 Å². The summed E-state index contributed by atoms with van der Waals surface area (Å²) in [6.45, 7) is 6.69. The van der Waals surface area contributed by atoms with Crippen molar-refractivity contribution < 1.29 is 32.3 Å². The van der Waals surface area contributed by atoms with Crippen LogP contribution >= 0.6 is 11.3 Å². The molecule has 5 atom stereocenters. The first-order valence-electron chi connectivity index (χ1n) is 18.2. The fraction of sp³-hybridized carbons (Fsp3) is 0.553. The van der Waals surface area contributed by atoms with E-state index in [1.54, 1.807) is 19.1 Å². The number of aryl methyl sites for hydroxylation is 1. The van der Waals surface area contributed by atoms with Crippen molar-refractivity contribution in [1.82, 2.24) is 24.9 Å². The monoisotopic (exact) mass is 749 g/mol. The van der Waals surface area contributed by atoms with Gasteiger partial charge in [0, 0.05) is 41.9 Å². The van der Waals surface area contributed by atoms with Gasteiger partial charge in [-0.3, -0.25) is 19.1 Å². The molecule has 3 aliphatic carbocycles. The van der Waals surface area contributed by atoms with E-state index in [0.717, 1.165) is 40.9 Å². The SMILES string of the molecule is COc1ccc2c(O[C@H]3C[C@@H]4C(=O)N(C)CCCC/C=C\[C@H]5C[C@@]5(C(=O)NS(=O)(=O)C5CC5)NC(=O)[C@@H]4C3)cc(-c3nc(C(C)C)cs3)nc2c1C. The molecule has 0 bridgehead atoms. The Kier molecular flexibility index (Phi) is 9.83. The van der Waals surface area contributed by atoms with E-state index in [2.05, 4.69) is 23.9 Å². The van der Waals surface area contributed by atoms with Gasteiger partial charge in [0.2, 0.25) is 21.8 Å². The number of thiazole rings is 1. The summed E-state index contributed by atoms with van der Waals surface area (Å²) in [5.41, 5.74) is 1.79. The Morgan fingerprint density at radius 2 is 1.88 bits per heavy atom. The van der Waals surface area contributed by atoms with Gasteiger partial charge in [0.05, 0.1) is 35.4 Å². The molecule has 12 nitrogen and oxygen atoms in total. The molecule has 0 spiro atoms. The number of carbonyl (C=O) groups excluding carboxylic acids is 3. The Hall–Kier alpha value is -4.04. The number of nitrogens with one attached hydrogen (secondary N) is 2. The van der Waals surface area contributed by atoms with E-state index < -0.39 is 50.6 Å². The van der Waals surface area contributed by atoms with Crippen LogP contribution in [0.25, 0.3) is 21.6 Å². The van der Waals surface area contributed by atoms with Crippen LogP contribution in [0.2, 0.25) is 0 Å². The van der Waals surface area contributed by atoms with Crippen LogP contribution in [-0.2, 0) is 24.4 Å². The molecule has 4 aliphatic rings. The minimum Gasteiger partial charge on any atom is -0.496 e. The normalized spacial score (nSPS) is 27.4. The van der Waals surface area contributed by atoms with E-state index in [0.29, 0.717) is 48.5 Å². The third-order valence-corrected chi connectivity index (χ3v) is 13.7. The number of pyridine rings is 1. The number of nitrogens with zero attached hydrogens (tertiary/aromatic N) is 3. The highest BCUT2D eigenvalue weighted by Gasteiger charge is 2.62. The lowest BCUT2D eigenvalue weighted by molar-refractivity contribution is -0.140. The van der Waals surface area contributed by atoms with E-state index in [-0.39, 0.29) is 30.6 Å². The van der Waals surface area contributed by atoms with E-state index >= 15 is 0 Å². The minimum atomic E-state index is -3.83. The highest BCUT2D eigenvalue weighted by molar-refractivity contribution is 7.91. The maximum atomic E-state index is 14.3. The van der Waals surface area contributed by atoms with E-state index in [1.165, 1.54) is 11.3 Å². The number of rotatable bonds is 8. The number of aromatic nitrogens is 2. The van der Waals surface area contributed by atoms with Crippen molar-refractivity contribution in [2.24, 2.45) is 17.8 Å². The van der Waals surface area contributed by atoms with Gasteiger partial charge >= 0.3 is 0 Å². The summed E-state index contributed by atoms with van der Waals surface area (Å²) in [5, 5.41) is 5.95. The van der Waals surface area contributed by atoms with Crippen LogP contribution in [0, 0.1) is 24.7 Å². The molecule has 0 saturated heterocycles. The fourth-order valence-electron chi connectivity index (χ4n) is 7.55. The molecule has 3 heterocycles. The predicted molar refractivity (Wildman–Crippen MR) is 199 cm³/mol. The molecule has 3 amide bonds. The molecule has 52 heavy (non-hydrogen) atoms. The Bertz CT molecular complexity index is 2040. The predicted octanol–water partition coefficient (Wildman–Crippen LogP) is 5.25. The van der Waals surface area contributed by atoms with Crippen LogP contribution in [0.1, 0.15) is 82.4 Å². The second kappa shape index (κ2) is 14.1. The second-order valence-corrected chi connectivity index (χ2v) is 17.9. The van der Waals surface area contributed by atoms with Crippen LogP contribution in [0.4, 0.5) is 0 Å². The van der Waals surface area contributed by atoms with Gasteiger partial charge in [-0.05, 0) is 76.3 Å². The number of hydrogen-bond acceptors (Lipinski definition) is 10. The Morgan fingerprint density at radius 3 is 2.60 bits per heavy atom. The van der Waals surface area contributed by atoms with Gasteiger partial charge in [0.1, 0.15) is 33.8 Å². The zero-order valence-electron chi connectivity index (χ0n) is 30.3. The first-order valence-corrected chi connectivity index (χ1v) is 20.6. The zero-order valence-corrected chi connectivity index (χ0v) is 31.9. The average Bonchev–Trinajstić information content (AvgIpc) is 3.98. The standard InChI is InChI=1S/C38H47N5O7S2/c1-21(2)30-20-51-35(40-30)29-18-32(26-13-14-31(49-5)22(3)33(26)39-29)50-24-16-27-28(17-24)36(45)43(4)15-9-7-6-8-10-23-19-38(23,41-34(27)44)37(46)42-52(47,48)25-11-12-25/h8,10,13-14,18,20-21,23-25,27-28H,6-7,9,11-12,15-17,19H2,1-5H3,(H,41,44)(H,42,46)/b10-8-/t23-,24+,27+,28-,38+/m0/s1. The fourth-order valence-corrected chi connectivity index (χ4v) is 9.85. The largest absolute Gasteiger partial charge is 0.496 e. The Balaban J connectivity index is 1.21. The molecule has 1 aromatic carbocycles. The summed E-state index contributed by atoms with van der Waals surface area (Å²) >= 11 is 1.51. The van der Waals surface area contributed by atoms with Crippen molar-refractivity contribution in [3.8, 4) is 22.2 Å². The van der Waals surface area contributed by atoms with E-state index in [9.17, 15) is 22.8 Å². The van der Waals surface area contributed by atoms with Gasteiger partial charge in [-0.1, -0.05) is 26.0 Å². The lowest BCUT2D eigenvalue weighted by Crippen LogP contribution is -2.54. The molecule has 14 heteroatoms. The van der Waals surface area contributed by atoms with Crippen molar-refractivity contribution in [3.05, 3.63) is 47.0 Å². The number of sulfonamides is 1. The molecule has 3 fully saturated rings. The molecule has 278 valence electrons. The Labute approximate surface area is 308 Å². The van der Waals surface area contributed by atoms with Crippen molar-refractivity contribution >= 4 is 50.0 Å². The number of benzene rings is 1. The minimum absolute atomic E-state index is 0.147. The topological polar surface area (TPSA) is 157 Å². The molecular weight excluding hydrogens is 703 g/mol. The molecule has 2 aromatic heterocycles. The van der Waals surface area contributed by atoms with Gasteiger partial charge in [-0.25, -0.2) is 18.4 Å². The first kappa shape index (κ1) is 36.3. The number of hydrogen-bond donors (Lipinski definition) is 2. The van der Waals surface area contributed by atoms with Crippen LogP contribution in [-0.4, -0.2) is 78.6 Å². The van der Waals surface area contributed by atoms with Crippen molar-refractivity contribution in [2.75, 3.05) is 20.7 Å². The number of ether oxygens (including phenoxy) is 2. The quantitative estimate of drug-likeness (QED) is 0.294. The van der Waals surface area contributed by atoms with Gasteiger partial charge in [0.25, 0.3) is 5.91 Å². The highest BCUT2D eigenvalue weighted by atomic mass is 32.2. The maximum absolute atomic E-state index is 14.3. The zero-order chi connectivity index (χ0) is 36.9. The maximum Gasteiger partial charge on any atom is 0.259 e. The van der Waals surface area contributed by atoms with Crippen LogP contribution < -0.4 is 19.5 Å². The summed E-state index contributed by atoms with van der Waals surface area (Å²) < 4.78 is 40.2. The van der Waals surface area contributed by atoms with Crippen LogP contribution in [0.15, 0.2) is 35.7 Å². The lowest BCUT2D eigenvalue weighted by atomic mass is 9.93. The average molecular weight is 750 g/mol. The number of amides is 3. The number of carbonyl (C=O) groups is 3. The van der Waals surface area contributed by atoms with Crippen LogP contribution in [0.3, 0.4) is 0 Å². The molecule has 0 unspecified atom stereocenters. The Morgan fingerprint density at radius 1 is 1.12 bits per heavy atom. The molecule has 3 saturated carbocycles. The summed E-state index contributed by atoms with van der Waals surface area (Å²) in [6.07, 6.45) is 7.61.